The van der Waals surface area contributed by atoms with Gasteiger partial charge in [0.25, 0.3) is 0 Å². The summed E-state index contributed by atoms with van der Waals surface area (Å²) in [7, 11) is 0. The summed E-state index contributed by atoms with van der Waals surface area (Å²) in [5.41, 5.74) is 7.92. The second-order valence-electron chi connectivity index (χ2n) is 2.33. The van der Waals surface area contributed by atoms with Crippen LogP contribution in [0.3, 0.4) is 0 Å². The molecule has 0 aliphatic rings. The summed E-state index contributed by atoms with van der Waals surface area (Å²) < 4.78 is 0. The average Bonchev–Trinajstić information content (AvgIpc) is 2.05. The van der Waals surface area contributed by atoms with E-state index in [1.165, 1.54) is 10.5 Å². The van der Waals surface area contributed by atoms with Gasteiger partial charge in [-0.3, -0.25) is 4.98 Å². The fraction of sp³-hybridized carbons (Fsp3) is 0.375. The third-order valence-electron chi connectivity index (χ3n) is 1.71. The van der Waals surface area contributed by atoms with Crippen LogP contribution in [0.15, 0.2) is 17.3 Å². The van der Waals surface area contributed by atoms with E-state index in [2.05, 4.69) is 11.9 Å². The fourth-order valence-corrected chi connectivity index (χ4v) is 1.56. The predicted octanol–water partition coefficient (Wildman–Crippen LogP) is 1.57. The number of nitrogens with zero attached hydrogens (tertiary/aromatic N) is 1. The van der Waals surface area contributed by atoms with E-state index in [0.29, 0.717) is 6.54 Å². The lowest BCUT2D eigenvalue weighted by Crippen LogP contribution is -2.00. The van der Waals surface area contributed by atoms with Crippen LogP contribution in [0.1, 0.15) is 11.1 Å². The van der Waals surface area contributed by atoms with E-state index in [4.69, 9.17) is 5.73 Å². The number of hydrogen-bond acceptors (Lipinski definition) is 3. The minimum atomic E-state index is 0.577. The smallest absolute Gasteiger partial charge is 0.0406 e. The van der Waals surface area contributed by atoms with Crippen molar-refractivity contribution in [2.24, 2.45) is 5.73 Å². The van der Waals surface area contributed by atoms with Gasteiger partial charge in [0.05, 0.1) is 0 Å². The van der Waals surface area contributed by atoms with Crippen molar-refractivity contribution in [3.8, 4) is 0 Å². The summed E-state index contributed by atoms with van der Waals surface area (Å²) in [6, 6.07) is 0. The first-order valence-corrected chi connectivity index (χ1v) is 4.69. The Morgan fingerprint density at radius 2 is 2.27 bits per heavy atom. The van der Waals surface area contributed by atoms with Crippen LogP contribution >= 0.6 is 11.8 Å². The van der Waals surface area contributed by atoms with Crippen molar-refractivity contribution in [1.29, 1.82) is 0 Å². The van der Waals surface area contributed by atoms with Gasteiger partial charge in [-0.05, 0) is 24.3 Å². The van der Waals surface area contributed by atoms with Crippen LogP contribution in [0.5, 0.6) is 0 Å². The highest BCUT2D eigenvalue weighted by atomic mass is 32.2. The van der Waals surface area contributed by atoms with Gasteiger partial charge in [-0.15, -0.1) is 11.8 Å². The molecule has 0 aliphatic carbocycles. The third kappa shape index (κ3) is 1.73. The second-order valence-corrected chi connectivity index (χ2v) is 3.18. The summed E-state index contributed by atoms with van der Waals surface area (Å²) in [5.74, 6) is 0. The molecule has 1 rings (SSSR count). The fourth-order valence-electron chi connectivity index (χ4n) is 0.958. The van der Waals surface area contributed by atoms with E-state index < -0.39 is 0 Å². The zero-order valence-corrected chi connectivity index (χ0v) is 7.61. The minimum absolute atomic E-state index is 0.577. The number of pyridine rings is 1. The van der Waals surface area contributed by atoms with Crippen molar-refractivity contribution in [2.45, 2.75) is 18.4 Å². The van der Waals surface area contributed by atoms with E-state index >= 15 is 0 Å². The maximum absolute atomic E-state index is 5.52. The molecule has 0 saturated heterocycles. The molecule has 1 heterocycles. The van der Waals surface area contributed by atoms with Gasteiger partial charge in [0.1, 0.15) is 0 Å². The normalized spacial score (nSPS) is 10.1. The molecule has 0 unspecified atom stereocenters. The number of thioether (sulfide) groups is 1. The van der Waals surface area contributed by atoms with Crippen LogP contribution < -0.4 is 5.73 Å². The molecule has 0 radical (unpaired) electrons. The molecule has 1 aromatic heterocycles. The Bertz CT molecular complexity index is 226. The van der Waals surface area contributed by atoms with Crippen LogP contribution in [0.25, 0.3) is 0 Å². The molecule has 0 fully saturated rings. The second kappa shape index (κ2) is 3.74. The molecule has 0 aromatic carbocycles. The summed E-state index contributed by atoms with van der Waals surface area (Å²) in [4.78, 5) is 5.30. The van der Waals surface area contributed by atoms with Crippen molar-refractivity contribution < 1.29 is 0 Å². The molecule has 0 spiro atoms. The van der Waals surface area contributed by atoms with Crippen LogP contribution in [0.2, 0.25) is 0 Å². The van der Waals surface area contributed by atoms with Crippen LogP contribution in [-0.2, 0) is 6.54 Å². The standard InChI is InChI=1S/C8H12N2S/c1-6-7(3-9)4-10-5-8(6)11-2/h4-5H,3,9H2,1-2H3. The molecule has 3 heteroatoms. The Labute approximate surface area is 71.2 Å². The van der Waals surface area contributed by atoms with Crippen molar-refractivity contribution in [1.82, 2.24) is 4.98 Å². The van der Waals surface area contributed by atoms with E-state index in [0.717, 1.165) is 5.56 Å². The molecule has 0 atom stereocenters. The highest BCUT2D eigenvalue weighted by Gasteiger charge is 2.00. The first-order valence-electron chi connectivity index (χ1n) is 3.47. The Morgan fingerprint density at radius 3 is 2.82 bits per heavy atom. The summed E-state index contributed by atoms with van der Waals surface area (Å²) in [6.07, 6.45) is 5.75. The summed E-state index contributed by atoms with van der Waals surface area (Å²) >= 11 is 1.71. The Kier molecular flexibility index (Phi) is 2.91. The number of rotatable bonds is 2. The Balaban J connectivity index is 3.10. The van der Waals surface area contributed by atoms with Crippen LogP contribution in [-0.4, -0.2) is 11.2 Å². The monoisotopic (exact) mass is 168 g/mol. The molecular formula is C8H12N2S. The minimum Gasteiger partial charge on any atom is -0.326 e. The van der Waals surface area contributed by atoms with Gasteiger partial charge in [0, 0.05) is 23.8 Å². The molecule has 2 N–H and O–H groups in total. The van der Waals surface area contributed by atoms with Gasteiger partial charge in [-0.2, -0.15) is 0 Å². The van der Waals surface area contributed by atoms with Crippen molar-refractivity contribution >= 4 is 11.8 Å². The molecule has 2 nitrogen and oxygen atoms in total. The third-order valence-corrected chi connectivity index (χ3v) is 2.56. The lowest BCUT2D eigenvalue weighted by Gasteiger charge is -2.05. The SMILES string of the molecule is CSc1cncc(CN)c1C. The van der Waals surface area contributed by atoms with Crippen LogP contribution in [0.4, 0.5) is 0 Å². The zero-order valence-electron chi connectivity index (χ0n) is 6.79. The number of aromatic nitrogens is 1. The van der Waals surface area contributed by atoms with Crippen molar-refractivity contribution in [3.63, 3.8) is 0 Å². The highest BCUT2D eigenvalue weighted by molar-refractivity contribution is 7.98. The zero-order chi connectivity index (χ0) is 8.27. The van der Waals surface area contributed by atoms with Gasteiger partial charge >= 0.3 is 0 Å². The van der Waals surface area contributed by atoms with Crippen molar-refractivity contribution in [2.75, 3.05) is 6.26 Å². The lowest BCUT2D eigenvalue weighted by molar-refractivity contribution is 0.996. The van der Waals surface area contributed by atoms with E-state index in [-0.39, 0.29) is 0 Å². The van der Waals surface area contributed by atoms with E-state index in [9.17, 15) is 0 Å². The van der Waals surface area contributed by atoms with Crippen molar-refractivity contribution in [3.05, 3.63) is 23.5 Å². The van der Waals surface area contributed by atoms with E-state index in [1.54, 1.807) is 11.8 Å². The molecule has 11 heavy (non-hydrogen) atoms. The maximum atomic E-state index is 5.52. The van der Waals surface area contributed by atoms with Gasteiger partial charge in [-0.25, -0.2) is 0 Å². The molecule has 0 amide bonds. The van der Waals surface area contributed by atoms with E-state index in [1.807, 2.05) is 18.6 Å². The number of nitrogens with two attached hydrogens (primary N) is 1. The first kappa shape index (κ1) is 8.56. The molecule has 1 aromatic rings. The van der Waals surface area contributed by atoms with Gasteiger partial charge in [0.2, 0.25) is 0 Å². The summed E-state index contributed by atoms with van der Waals surface area (Å²) in [5, 5.41) is 0. The van der Waals surface area contributed by atoms with Gasteiger partial charge in [-0.1, -0.05) is 0 Å². The predicted molar refractivity (Wildman–Crippen MR) is 48.6 cm³/mol. The summed E-state index contributed by atoms with van der Waals surface area (Å²) in [6.45, 7) is 2.66. The van der Waals surface area contributed by atoms with Gasteiger partial charge < -0.3 is 5.73 Å². The quantitative estimate of drug-likeness (QED) is 0.681. The Hall–Kier alpha value is -0.540. The lowest BCUT2D eigenvalue weighted by atomic mass is 10.2. The maximum Gasteiger partial charge on any atom is 0.0406 e. The molecule has 0 saturated carbocycles. The first-order chi connectivity index (χ1) is 5.29. The number of hydrogen-bond donors (Lipinski definition) is 1. The van der Waals surface area contributed by atoms with Gasteiger partial charge in [0.15, 0.2) is 0 Å². The molecule has 0 bridgehead atoms. The molecule has 0 aliphatic heterocycles. The molecule has 60 valence electrons. The van der Waals surface area contributed by atoms with Crippen LogP contribution in [0, 0.1) is 6.92 Å². The average molecular weight is 168 g/mol. The molecular weight excluding hydrogens is 156 g/mol. The highest BCUT2D eigenvalue weighted by Crippen LogP contribution is 2.20. The Morgan fingerprint density at radius 1 is 1.55 bits per heavy atom. The topological polar surface area (TPSA) is 38.9 Å². The largest absolute Gasteiger partial charge is 0.326 e.